The lowest BCUT2D eigenvalue weighted by atomic mass is 9.73. The first-order chi connectivity index (χ1) is 8.64. The normalized spacial score (nSPS) is 12.1. The molecule has 1 N–H and O–H groups in total. The number of hydrogen-bond donors (Lipinski definition) is 1. The van der Waals surface area contributed by atoms with Gasteiger partial charge in [-0.15, -0.1) is 0 Å². The van der Waals surface area contributed by atoms with Crippen LogP contribution in [0.1, 0.15) is 58.9 Å². The van der Waals surface area contributed by atoms with Crippen molar-refractivity contribution in [3.05, 3.63) is 35.9 Å². The highest BCUT2D eigenvalue weighted by atomic mass is 14.9. The van der Waals surface area contributed by atoms with E-state index in [2.05, 4.69) is 63.3 Å². The molecule has 1 rings (SSSR count). The molecule has 1 aromatic rings. The van der Waals surface area contributed by atoms with Crippen molar-refractivity contribution in [3.8, 4) is 0 Å². The van der Waals surface area contributed by atoms with Crippen LogP contribution in [-0.2, 0) is 5.41 Å². The molecule has 0 fully saturated rings. The molecule has 0 aliphatic heterocycles. The van der Waals surface area contributed by atoms with Gasteiger partial charge in [0.25, 0.3) is 0 Å². The van der Waals surface area contributed by atoms with Gasteiger partial charge >= 0.3 is 0 Å². The highest BCUT2D eigenvalue weighted by Gasteiger charge is 2.30. The molecule has 1 heteroatoms. The molecule has 0 saturated carbocycles. The number of hydrogen-bond acceptors (Lipinski definition) is 1. The van der Waals surface area contributed by atoms with Gasteiger partial charge in [-0.25, -0.2) is 0 Å². The van der Waals surface area contributed by atoms with E-state index >= 15 is 0 Å². The van der Waals surface area contributed by atoms with Crippen LogP contribution in [0.25, 0.3) is 0 Å². The standard InChI is InChI=1S/C17H29N/c1-5-12-17(13-6-2,14-18-15(3)4)16-10-8-7-9-11-16/h7-11,15,18H,5-6,12-14H2,1-4H3. The highest BCUT2D eigenvalue weighted by Crippen LogP contribution is 2.33. The van der Waals surface area contributed by atoms with Crippen molar-refractivity contribution in [3.63, 3.8) is 0 Å². The van der Waals surface area contributed by atoms with E-state index in [1.54, 1.807) is 0 Å². The maximum absolute atomic E-state index is 3.65. The van der Waals surface area contributed by atoms with Crippen LogP contribution < -0.4 is 5.32 Å². The average Bonchev–Trinajstić information content (AvgIpc) is 2.37. The summed E-state index contributed by atoms with van der Waals surface area (Å²) in [6, 6.07) is 11.6. The molecule has 0 amide bonds. The SMILES string of the molecule is CCCC(CCC)(CNC(C)C)c1ccccc1. The Morgan fingerprint density at radius 3 is 2.00 bits per heavy atom. The van der Waals surface area contributed by atoms with E-state index in [0.29, 0.717) is 11.5 Å². The Morgan fingerprint density at radius 2 is 1.56 bits per heavy atom. The molecule has 0 bridgehead atoms. The molecular weight excluding hydrogens is 218 g/mol. The summed E-state index contributed by atoms with van der Waals surface area (Å²) in [7, 11) is 0. The Balaban J connectivity index is 2.96. The third kappa shape index (κ3) is 4.13. The van der Waals surface area contributed by atoms with E-state index in [0.717, 1.165) is 6.54 Å². The maximum atomic E-state index is 3.65. The number of rotatable bonds is 8. The van der Waals surface area contributed by atoms with Crippen LogP contribution in [0.4, 0.5) is 0 Å². The fraction of sp³-hybridized carbons (Fsp3) is 0.647. The second-order valence-corrected chi connectivity index (χ2v) is 5.68. The van der Waals surface area contributed by atoms with Crippen LogP contribution in [0.5, 0.6) is 0 Å². The van der Waals surface area contributed by atoms with Gasteiger partial charge in [0.2, 0.25) is 0 Å². The van der Waals surface area contributed by atoms with Gasteiger partial charge < -0.3 is 5.32 Å². The summed E-state index contributed by atoms with van der Waals surface area (Å²) in [5, 5.41) is 3.65. The van der Waals surface area contributed by atoms with Gasteiger partial charge in [0, 0.05) is 18.0 Å². The summed E-state index contributed by atoms with van der Waals surface area (Å²) in [5.74, 6) is 0. The first-order valence-corrected chi connectivity index (χ1v) is 7.43. The molecule has 0 saturated heterocycles. The summed E-state index contributed by atoms with van der Waals surface area (Å²) in [5.41, 5.74) is 1.82. The second-order valence-electron chi connectivity index (χ2n) is 5.68. The molecule has 1 aromatic carbocycles. The Morgan fingerprint density at radius 1 is 1.00 bits per heavy atom. The predicted octanol–water partition coefficient (Wildman–Crippen LogP) is 4.52. The molecule has 0 aliphatic carbocycles. The van der Waals surface area contributed by atoms with Crippen molar-refractivity contribution in [2.45, 2.75) is 64.8 Å². The van der Waals surface area contributed by atoms with Crippen LogP contribution in [0.2, 0.25) is 0 Å². The van der Waals surface area contributed by atoms with Crippen molar-refractivity contribution < 1.29 is 0 Å². The Labute approximate surface area is 113 Å². The zero-order chi connectivity index (χ0) is 13.4. The van der Waals surface area contributed by atoms with Crippen molar-refractivity contribution in [2.24, 2.45) is 0 Å². The van der Waals surface area contributed by atoms with Gasteiger partial charge in [-0.1, -0.05) is 70.9 Å². The molecule has 0 spiro atoms. The van der Waals surface area contributed by atoms with E-state index < -0.39 is 0 Å². The average molecular weight is 247 g/mol. The van der Waals surface area contributed by atoms with E-state index in [-0.39, 0.29) is 0 Å². The van der Waals surface area contributed by atoms with Gasteiger partial charge in [-0.2, -0.15) is 0 Å². The first kappa shape index (κ1) is 15.2. The van der Waals surface area contributed by atoms with Crippen LogP contribution in [-0.4, -0.2) is 12.6 Å². The van der Waals surface area contributed by atoms with E-state index in [1.807, 2.05) is 0 Å². The highest BCUT2D eigenvalue weighted by molar-refractivity contribution is 5.26. The van der Waals surface area contributed by atoms with Gasteiger partial charge in [0.15, 0.2) is 0 Å². The fourth-order valence-electron chi connectivity index (χ4n) is 2.84. The van der Waals surface area contributed by atoms with E-state index in [1.165, 1.54) is 31.2 Å². The quantitative estimate of drug-likeness (QED) is 0.712. The third-order valence-electron chi connectivity index (χ3n) is 3.69. The minimum Gasteiger partial charge on any atom is -0.314 e. The Kier molecular flexibility index (Phi) is 6.42. The fourth-order valence-corrected chi connectivity index (χ4v) is 2.84. The van der Waals surface area contributed by atoms with Gasteiger partial charge in [0.1, 0.15) is 0 Å². The van der Waals surface area contributed by atoms with E-state index in [9.17, 15) is 0 Å². The molecular formula is C17H29N. The molecule has 0 radical (unpaired) electrons. The summed E-state index contributed by atoms with van der Waals surface area (Å²) in [6.45, 7) is 10.1. The van der Waals surface area contributed by atoms with Gasteiger partial charge in [-0.05, 0) is 18.4 Å². The lowest BCUT2D eigenvalue weighted by molar-refractivity contribution is 0.324. The maximum Gasteiger partial charge on any atom is 0.00776 e. The summed E-state index contributed by atoms with van der Waals surface area (Å²) in [4.78, 5) is 0. The molecule has 0 heterocycles. The summed E-state index contributed by atoms with van der Waals surface area (Å²) >= 11 is 0. The zero-order valence-electron chi connectivity index (χ0n) is 12.5. The van der Waals surface area contributed by atoms with Crippen LogP contribution in [0.3, 0.4) is 0 Å². The monoisotopic (exact) mass is 247 g/mol. The number of nitrogens with one attached hydrogen (secondary N) is 1. The molecule has 0 aliphatic rings. The molecule has 18 heavy (non-hydrogen) atoms. The number of benzene rings is 1. The van der Waals surface area contributed by atoms with Crippen molar-refractivity contribution in [2.75, 3.05) is 6.54 Å². The minimum absolute atomic E-state index is 0.315. The lowest BCUT2D eigenvalue weighted by Gasteiger charge is -2.35. The van der Waals surface area contributed by atoms with E-state index in [4.69, 9.17) is 0 Å². The smallest absolute Gasteiger partial charge is 0.00776 e. The van der Waals surface area contributed by atoms with Crippen LogP contribution >= 0.6 is 0 Å². The van der Waals surface area contributed by atoms with Crippen LogP contribution in [0.15, 0.2) is 30.3 Å². The molecule has 0 atom stereocenters. The molecule has 102 valence electrons. The molecule has 1 nitrogen and oxygen atoms in total. The second kappa shape index (κ2) is 7.58. The van der Waals surface area contributed by atoms with Crippen molar-refractivity contribution in [1.82, 2.24) is 5.32 Å². The van der Waals surface area contributed by atoms with Gasteiger partial charge in [0.05, 0.1) is 0 Å². The minimum atomic E-state index is 0.315. The largest absolute Gasteiger partial charge is 0.314 e. The third-order valence-corrected chi connectivity index (χ3v) is 3.69. The Hall–Kier alpha value is -0.820. The summed E-state index contributed by atoms with van der Waals surface area (Å²) in [6.07, 6.45) is 5.03. The topological polar surface area (TPSA) is 12.0 Å². The van der Waals surface area contributed by atoms with Crippen molar-refractivity contribution >= 4 is 0 Å². The first-order valence-electron chi connectivity index (χ1n) is 7.43. The molecule has 0 unspecified atom stereocenters. The molecule has 0 aromatic heterocycles. The Bertz CT molecular complexity index is 310. The predicted molar refractivity (Wildman–Crippen MR) is 81.1 cm³/mol. The lowest BCUT2D eigenvalue weighted by Crippen LogP contribution is -2.41. The zero-order valence-corrected chi connectivity index (χ0v) is 12.5. The van der Waals surface area contributed by atoms with Crippen molar-refractivity contribution in [1.29, 1.82) is 0 Å². The summed E-state index contributed by atoms with van der Waals surface area (Å²) < 4.78 is 0. The van der Waals surface area contributed by atoms with Crippen LogP contribution in [0, 0.1) is 0 Å². The van der Waals surface area contributed by atoms with Gasteiger partial charge in [-0.3, -0.25) is 0 Å².